The fourth-order valence-electron chi connectivity index (χ4n) is 1.83. The predicted molar refractivity (Wildman–Crippen MR) is 85.7 cm³/mol. The molecule has 0 atom stereocenters. The lowest BCUT2D eigenvalue weighted by Crippen LogP contribution is -2.20. The number of oxime groups is 1. The maximum Gasteiger partial charge on any atom is 0.262 e. The monoisotopic (exact) mass is 298 g/mol. The van der Waals surface area contributed by atoms with Crippen molar-refractivity contribution in [3.8, 4) is 5.75 Å². The van der Waals surface area contributed by atoms with Crippen LogP contribution in [0, 0.1) is 6.92 Å². The summed E-state index contributed by atoms with van der Waals surface area (Å²) in [4.78, 5) is 11.8. The molecule has 0 unspecified atom stereocenters. The minimum atomic E-state index is -0.221. The molecule has 0 saturated heterocycles. The zero-order chi connectivity index (χ0) is 15.9. The van der Waals surface area contributed by atoms with Gasteiger partial charge in [0.1, 0.15) is 5.75 Å². The number of hydrogen-bond donors (Lipinski definition) is 2. The molecule has 22 heavy (non-hydrogen) atoms. The highest BCUT2D eigenvalue weighted by molar-refractivity contribution is 5.98. The number of rotatable bonds is 5. The van der Waals surface area contributed by atoms with Crippen molar-refractivity contribution < 1.29 is 14.7 Å². The number of benzene rings is 2. The number of anilines is 1. The average molecular weight is 298 g/mol. The number of ether oxygens (including phenoxy) is 1. The van der Waals surface area contributed by atoms with Crippen LogP contribution in [-0.4, -0.2) is 23.4 Å². The summed E-state index contributed by atoms with van der Waals surface area (Å²) in [6, 6.07) is 14.5. The molecule has 0 aliphatic carbocycles. The number of amides is 1. The summed E-state index contributed by atoms with van der Waals surface area (Å²) in [5, 5.41) is 14.6. The summed E-state index contributed by atoms with van der Waals surface area (Å²) in [6.07, 6.45) is 0. The van der Waals surface area contributed by atoms with E-state index in [0.717, 1.165) is 16.8 Å². The lowest BCUT2D eigenvalue weighted by Gasteiger charge is -2.08. The Morgan fingerprint density at radius 1 is 1.14 bits per heavy atom. The molecular formula is C17H18N2O3. The fourth-order valence-corrected chi connectivity index (χ4v) is 1.83. The first-order chi connectivity index (χ1) is 10.6. The van der Waals surface area contributed by atoms with Crippen molar-refractivity contribution in [3.63, 3.8) is 0 Å². The third kappa shape index (κ3) is 4.34. The molecule has 0 aliphatic rings. The van der Waals surface area contributed by atoms with Crippen molar-refractivity contribution in [1.82, 2.24) is 0 Å². The number of carbonyl (C=O) groups is 1. The molecule has 0 saturated carbocycles. The van der Waals surface area contributed by atoms with Gasteiger partial charge in [-0.05, 0) is 55.8 Å². The molecule has 0 aliphatic heterocycles. The molecule has 2 aromatic carbocycles. The second kappa shape index (κ2) is 7.26. The quantitative estimate of drug-likeness (QED) is 0.506. The van der Waals surface area contributed by atoms with E-state index in [-0.39, 0.29) is 12.5 Å². The second-order valence-electron chi connectivity index (χ2n) is 4.91. The van der Waals surface area contributed by atoms with Crippen LogP contribution in [0.3, 0.4) is 0 Å². The van der Waals surface area contributed by atoms with Crippen molar-refractivity contribution in [2.24, 2.45) is 5.16 Å². The van der Waals surface area contributed by atoms with Crippen molar-refractivity contribution in [2.45, 2.75) is 13.8 Å². The van der Waals surface area contributed by atoms with Gasteiger partial charge in [0, 0.05) is 5.69 Å². The van der Waals surface area contributed by atoms with Gasteiger partial charge in [-0.2, -0.15) is 0 Å². The topological polar surface area (TPSA) is 70.9 Å². The lowest BCUT2D eigenvalue weighted by molar-refractivity contribution is -0.118. The Kier molecular flexibility index (Phi) is 5.14. The maximum atomic E-state index is 11.8. The summed E-state index contributed by atoms with van der Waals surface area (Å²) in [5.41, 5.74) is 3.18. The van der Waals surface area contributed by atoms with E-state index in [1.165, 1.54) is 0 Å². The minimum Gasteiger partial charge on any atom is -0.484 e. The number of aryl methyl sites for hydroxylation is 1. The van der Waals surface area contributed by atoms with Gasteiger partial charge in [0.15, 0.2) is 6.61 Å². The lowest BCUT2D eigenvalue weighted by atomic mass is 10.1. The molecule has 2 rings (SSSR count). The highest BCUT2D eigenvalue weighted by Gasteiger charge is 2.04. The Morgan fingerprint density at radius 2 is 1.77 bits per heavy atom. The number of hydrogen-bond acceptors (Lipinski definition) is 4. The molecule has 0 spiro atoms. The number of nitrogens with zero attached hydrogens (tertiary/aromatic N) is 1. The van der Waals surface area contributed by atoms with Crippen molar-refractivity contribution in [1.29, 1.82) is 0 Å². The zero-order valence-electron chi connectivity index (χ0n) is 12.5. The first kappa shape index (κ1) is 15.6. The molecule has 0 heterocycles. The van der Waals surface area contributed by atoms with Gasteiger partial charge in [-0.1, -0.05) is 22.9 Å². The highest BCUT2D eigenvalue weighted by Crippen LogP contribution is 2.13. The van der Waals surface area contributed by atoms with Gasteiger partial charge in [0.25, 0.3) is 5.91 Å². The molecule has 5 nitrogen and oxygen atoms in total. The van der Waals surface area contributed by atoms with Crippen LogP contribution in [0.5, 0.6) is 5.75 Å². The Bertz CT molecular complexity index is 661. The Hall–Kier alpha value is -2.82. The van der Waals surface area contributed by atoms with Crippen LogP contribution in [0.25, 0.3) is 0 Å². The predicted octanol–water partition coefficient (Wildman–Crippen LogP) is 3.21. The van der Waals surface area contributed by atoms with Crippen LogP contribution in [0.15, 0.2) is 53.7 Å². The molecule has 2 aromatic rings. The van der Waals surface area contributed by atoms with Crippen molar-refractivity contribution >= 4 is 17.3 Å². The van der Waals surface area contributed by atoms with E-state index in [1.807, 2.05) is 31.2 Å². The average Bonchev–Trinajstić information content (AvgIpc) is 2.55. The van der Waals surface area contributed by atoms with E-state index < -0.39 is 0 Å². The van der Waals surface area contributed by atoms with Gasteiger partial charge in [-0.15, -0.1) is 0 Å². The summed E-state index contributed by atoms with van der Waals surface area (Å²) >= 11 is 0. The van der Waals surface area contributed by atoms with Gasteiger partial charge in [-0.3, -0.25) is 4.79 Å². The molecule has 0 fully saturated rings. The summed E-state index contributed by atoms with van der Waals surface area (Å²) < 4.78 is 5.42. The first-order valence-corrected chi connectivity index (χ1v) is 6.87. The van der Waals surface area contributed by atoms with Gasteiger partial charge >= 0.3 is 0 Å². The first-order valence-electron chi connectivity index (χ1n) is 6.87. The van der Waals surface area contributed by atoms with E-state index in [4.69, 9.17) is 9.94 Å². The van der Waals surface area contributed by atoms with Crippen LogP contribution in [-0.2, 0) is 4.79 Å². The maximum absolute atomic E-state index is 11.8. The van der Waals surface area contributed by atoms with E-state index in [2.05, 4.69) is 10.5 Å². The number of carbonyl (C=O) groups excluding carboxylic acids is 1. The minimum absolute atomic E-state index is 0.0692. The van der Waals surface area contributed by atoms with Gasteiger partial charge in [-0.25, -0.2) is 0 Å². The molecule has 0 radical (unpaired) electrons. The summed E-state index contributed by atoms with van der Waals surface area (Å²) in [5.74, 6) is 0.356. The van der Waals surface area contributed by atoms with E-state index in [1.54, 1.807) is 31.2 Å². The van der Waals surface area contributed by atoms with Crippen LogP contribution in [0.2, 0.25) is 0 Å². The largest absolute Gasteiger partial charge is 0.484 e. The molecule has 5 heteroatoms. The van der Waals surface area contributed by atoms with Gasteiger partial charge in [0.2, 0.25) is 0 Å². The van der Waals surface area contributed by atoms with Crippen LogP contribution in [0.1, 0.15) is 18.1 Å². The van der Waals surface area contributed by atoms with Crippen LogP contribution >= 0.6 is 0 Å². The summed E-state index contributed by atoms with van der Waals surface area (Å²) in [7, 11) is 0. The molecule has 2 N–H and O–H groups in total. The Labute approximate surface area is 129 Å². The molecule has 1 amide bonds. The van der Waals surface area contributed by atoms with Gasteiger partial charge < -0.3 is 15.3 Å². The zero-order valence-corrected chi connectivity index (χ0v) is 12.5. The van der Waals surface area contributed by atoms with Crippen LogP contribution < -0.4 is 10.1 Å². The Morgan fingerprint density at radius 3 is 2.36 bits per heavy atom. The highest BCUT2D eigenvalue weighted by atomic mass is 16.5. The third-order valence-corrected chi connectivity index (χ3v) is 3.13. The van der Waals surface area contributed by atoms with E-state index in [9.17, 15) is 4.79 Å². The molecule has 114 valence electrons. The fraction of sp³-hybridized carbons (Fsp3) is 0.176. The Balaban J connectivity index is 1.87. The second-order valence-corrected chi connectivity index (χ2v) is 4.91. The van der Waals surface area contributed by atoms with Crippen molar-refractivity contribution in [2.75, 3.05) is 11.9 Å². The third-order valence-electron chi connectivity index (χ3n) is 3.13. The molecule has 0 aromatic heterocycles. The van der Waals surface area contributed by atoms with E-state index in [0.29, 0.717) is 11.5 Å². The SMILES string of the molecule is C/C(=N\O)c1ccc(OCC(=O)Nc2ccc(C)cc2)cc1. The van der Waals surface area contributed by atoms with E-state index >= 15 is 0 Å². The summed E-state index contributed by atoms with van der Waals surface area (Å²) in [6.45, 7) is 3.62. The van der Waals surface area contributed by atoms with Crippen molar-refractivity contribution in [3.05, 3.63) is 59.7 Å². The van der Waals surface area contributed by atoms with Crippen LogP contribution in [0.4, 0.5) is 5.69 Å². The number of nitrogens with one attached hydrogen (secondary N) is 1. The molecule has 0 bridgehead atoms. The standard InChI is InChI=1S/C17H18N2O3/c1-12-3-7-15(8-4-12)18-17(20)11-22-16-9-5-14(6-10-16)13(2)19-21/h3-10,21H,11H2,1-2H3,(H,18,20)/b19-13+. The smallest absolute Gasteiger partial charge is 0.262 e. The van der Waals surface area contributed by atoms with Gasteiger partial charge in [0.05, 0.1) is 5.71 Å². The normalized spacial score (nSPS) is 11.1. The molecular weight excluding hydrogens is 280 g/mol.